The first-order valence-electron chi connectivity index (χ1n) is 16.3. The van der Waals surface area contributed by atoms with E-state index in [1.54, 1.807) is 0 Å². The highest BCUT2D eigenvalue weighted by Crippen LogP contribution is 2.29. The first kappa shape index (κ1) is 27.4. The van der Waals surface area contributed by atoms with Crippen molar-refractivity contribution in [1.82, 2.24) is 0 Å². The number of fused-ring (bicyclic) bond motifs is 4. The van der Waals surface area contributed by atoms with Gasteiger partial charge in [0.15, 0.2) is 0 Å². The topological polar surface area (TPSA) is 0 Å². The predicted octanol–water partition coefficient (Wildman–Crippen LogP) is 8.46. The molecule has 0 radical (unpaired) electrons. The van der Waals surface area contributed by atoms with E-state index in [1.165, 1.54) is 75.8 Å². The fourth-order valence-electron chi connectivity index (χ4n) is 7.26. The van der Waals surface area contributed by atoms with Gasteiger partial charge in [-0.15, -0.1) is 0 Å². The van der Waals surface area contributed by atoms with Gasteiger partial charge in [0.1, 0.15) is 0 Å². The summed E-state index contributed by atoms with van der Waals surface area (Å²) >= 11 is 0. The lowest BCUT2D eigenvalue weighted by Crippen LogP contribution is -2.30. The first-order chi connectivity index (χ1) is 22.3. The van der Waals surface area contributed by atoms with E-state index in [2.05, 4.69) is 158 Å². The number of hydrogen-bond donors (Lipinski definition) is 0. The average molecular weight is 577 g/mol. The second-order valence-electron chi connectivity index (χ2n) is 12.2. The van der Waals surface area contributed by atoms with E-state index in [4.69, 9.17) is 0 Å². The van der Waals surface area contributed by atoms with Crippen molar-refractivity contribution in [2.45, 2.75) is 32.1 Å². The third-order valence-corrected chi connectivity index (χ3v) is 9.49. The zero-order valence-corrected chi connectivity index (χ0v) is 25.5. The molecule has 0 heterocycles. The summed E-state index contributed by atoms with van der Waals surface area (Å²) in [5, 5.41) is 10.5. The maximum Gasteiger partial charge on any atom is -0.00853 e. The van der Waals surface area contributed by atoms with Crippen molar-refractivity contribution in [3.05, 3.63) is 189 Å². The Balaban J connectivity index is 1.33. The monoisotopic (exact) mass is 576 g/mol. The van der Waals surface area contributed by atoms with Crippen LogP contribution in [0.3, 0.4) is 0 Å². The smallest absolute Gasteiger partial charge is 0.00853 e. The lowest BCUT2D eigenvalue weighted by atomic mass is 9.89. The molecule has 0 aliphatic heterocycles. The van der Waals surface area contributed by atoms with E-state index in [0.29, 0.717) is 0 Å². The van der Waals surface area contributed by atoms with Crippen molar-refractivity contribution in [1.29, 1.82) is 0 Å². The van der Waals surface area contributed by atoms with Crippen LogP contribution in [0.5, 0.6) is 0 Å². The molecule has 0 fully saturated rings. The normalized spacial score (nSPS) is 18.1. The summed E-state index contributed by atoms with van der Waals surface area (Å²) in [5.74, 6) is 0. The molecule has 0 atom stereocenters. The molecule has 0 saturated carbocycles. The van der Waals surface area contributed by atoms with Crippen LogP contribution in [0.25, 0.3) is 44.3 Å². The van der Waals surface area contributed by atoms with Gasteiger partial charge in [-0.05, 0) is 120 Å². The second kappa shape index (κ2) is 12.1. The standard InChI is InChI=1S/C45H36/c1-2-4-22-44(43-25-13-17-33-16-6-9-20-39(33)43)45-24-12-11-23-42(45)41(18-3-1)37-29-27-34-30-36(28-26-35(34)31-37)40-21-10-7-15-32-14-5-8-19-38(32)40/h1,3,5-6,8-17,19-21,23-31H,2,4,7,18,22H2/b3-1-,42-41+,45-44+. The van der Waals surface area contributed by atoms with Gasteiger partial charge in [0.25, 0.3) is 0 Å². The van der Waals surface area contributed by atoms with Gasteiger partial charge in [-0.1, -0.05) is 146 Å². The highest BCUT2D eigenvalue weighted by atomic mass is 14.2. The van der Waals surface area contributed by atoms with Crippen molar-refractivity contribution < 1.29 is 0 Å². The lowest BCUT2D eigenvalue weighted by molar-refractivity contribution is 0.873. The number of benzene rings is 6. The van der Waals surface area contributed by atoms with Crippen molar-refractivity contribution in [3.8, 4) is 0 Å². The van der Waals surface area contributed by atoms with Gasteiger partial charge in [-0.25, -0.2) is 0 Å². The molecule has 8 rings (SSSR count). The van der Waals surface area contributed by atoms with Crippen LogP contribution in [0.4, 0.5) is 0 Å². The number of allylic oxidation sites excluding steroid dienone is 4. The van der Waals surface area contributed by atoms with Crippen molar-refractivity contribution >= 4 is 44.3 Å². The molecule has 0 N–H and O–H groups in total. The zero-order valence-electron chi connectivity index (χ0n) is 25.5. The van der Waals surface area contributed by atoms with Crippen molar-refractivity contribution in [2.75, 3.05) is 0 Å². The molecule has 6 aromatic carbocycles. The highest BCUT2D eigenvalue weighted by Gasteiger charge is 2.12. The largest absolute Gasteiger partial charge is 0.0882 e. The van der Waals surface area contributed by atoms with Crippen LogP contribution in [0.15, 0.2) is 152 Å². The summed E-state index contributed by atoms with van der Waals surface area (Å²) in [7, 11) is 0. The van der Waals surface area contributed by atoms with Crippen LogP contribution in [0, 0.1) is 0 Å². The van der Waals surface area contributed by atoms with Crippen LogP contribution in [0.1, 0.15) is 48.8 Å². The van der Waals surface area contributed by atoms with Crippen molar-refractivity contribution in [3.63, 3.8) is 0 Å². The Morgan fingerprint density at radius 1 is 0.489 bits per heavy atom. The molecule has 216 valence electrons. The molecular weight excluding hydrogens is 540 g/mol. The maximum atomic E-state index is 2.40. The minimum Gasteiger partial charge on any atom is -0.0882 e. The van der Waals surface area contributed by atoms with Crippen molar-refractivity contribution in [2.24, 2.45) is 0 Å². The van der Waals surface area contributed by atoms with E-state index in [0.717, 1.165) is 32.1 Å². The summed E-state index contributed by atoms with van der Waals surface area (Å²) < 4.78 is 0. The Morgan fingerprint density at radius 2 is 1.20 bits per heavy atom. The molecule has 45 heavy (non-hydrogen) atoms. The van der Waals surface area contributed by atoms with E-state index in [-0.39, 0.29) is 0 Å². The third-order valence-electron chi connectivity index (χ3n) is 9.49. The zero-order chi connectivity index (χ0) is 30.0. The number of hydrogen-bond acceptors (Lipinski definition) is 0. The highest BCUT2D eigenvalue weighted by molar-refractivity contribution is 5.94. The lowest BCUT2D eigenvalue weighted by Gasteiger charge is -2.15. The van der Waals surface area contributed by atoms with Gasteiger partial charge in [0.05, 0.1) is 0 Å². The van der Waals surface area contributed by atoms with Crippen LogP contribution in [-0.2, 0) is 0 Å². The fraction of sp³-hybridized carbons (Fsp3) is 0.111. The molecule has 0 spiro atoms. The maximum absolute atomic E-state index is 2.40. The van der Waals surface area contributed by atoms with Gasteiger partial charge >= 0.3 is 0 Å². The first-order valence-corrected chi connectivity index (χ1v) is 16.3. The molecule has 0 saturated heterocycles. The van der Waals surface area contributed by atoms with Gasteiger partial charge in [-0.3, -0.25) is 0 Å². The SMILES string of the molecule is C1=CC(c2ccc3cc(/C4=c5\cccc\c5=C(/c5cccc6ccccc56)CCC/C=C\C4)ccc3c2)=c2ccccc2=CC1. The molecule has 0 nitrogen and oxygen atoms in total. The van der Waals surface area contributed by atoms with Crippen LogP contribution >= 0.6 is 0 Å². The molecular formula is C45H36. The summed E-state index contributed by atoms with van der Waals surface area (Å²) in [6.07, 6.45) is 16.8. The molecule has 6 aromatic rings. The molecule has 2 aliphatic carbocycles. The number of rotatable bonds is 3. The van der Waals surface area contributed by atoms with Gasteiger partial charge < -0.3 is 0 Å². The molecule has 2 aliphatic rings. The minimum absolute atomic E-state index is 0.916. The van der Waals surface area contributed by atoms with E-state index in [1.807, 2.05) is 0 Å². The second-order valence-corrected chi connectivity index (χ2v) is 12.2. The Labute approximate surface area is 265 Å². The molecule has 0 amide bonds. The van der Waals surface area contributed by atoms with Gasteiger partial charge in [0, 0.05) is 0 Å². The fourth-order valence-corrected chi connectivity index (χ4v) is 7.26. The summed E-state index contributed by atoms with van der Waals surface area (Å²) in [5.41, 5.74) is 8.06. The Hall–Kier alpha value is -5.20. The minimum atomic E-state index is 0.916. The third kappa shape index (κ3) is 5.28. The molecule has 0 bridgehead atoms. The van der Waals surface area contributed by atoms with Crippen LogP contribution in [0.2, 0.25) is 0 Å². The Morgan fingerprint density at radius 3 is 2.09 bits per heavy atom. The Kier molecular flexibility index (Phi) is 7.33. The predicted molar refractivity (Wildman–Crippen MR) is 193 cm³/mol. The molecule has 0 aromatic heterocycles. The van der Waals surface area contributed by atoms with Crippen LogP contribution < -0.4 is 20.9 Å². The van der Waals surface area contributed by atoms with Gasteiger partial charge in [0.2, 0.25) is 0 Å². The van der Waals surface area contributed by atoms with E-state index in [9.17, 15) is 0 Å². The average Bonchev–Trinajstić information content (AvgIpc) is 3.32. The van der Waals surface area contributed by atoms with E-state index >= 15 is 0 Å². The van der Waals surface area contributed by atoms with E-state index < -0.39 is 0 Å². The summed E-state index contributed by atoms with van der Waals surface area (Å²) in [6, 6.07) is 47.4. The van der Waals surface area contributed by atoms with Gasteiger partial charge in [-0.2, -0.15) is 0 Å². The quantitative estimate of drug-likeness (QED) is 0.185. The molecule has 0 heteroatoms. The molecule has 0 unspecified atom stereocenters. The van der Waals surface area contributed by atoms with Crippen LogP contribution in [-0.4, -0.2) is 0 Å². The Bertz CT molecular complexity index is 2390. The summed E-state index contributed by atoms with van der Waals surface area (Å²) in [6.45, 7) is 0. The summed E-state index contributed by atoms with van der Waals surface area (Å²) in [4.78, 5) is 0.